The van der Waals surface area contributed by atoms with E-state index in [1.54, 1.807) is 6.92 Å². The number of alkyl halides is 1. The molecule has 1 aromatic heterocycles. The lowest BCUT2D eigenvalue weighted by molar-refractivity contribution is -0.146. The van der Waals surface area contributed by atoms with Crippen molar-refractivity contribution in [3.63, 3.8) is 0 Å². The van der Waals surface area contributed by atoms with Crippen LogP contribution in [0.25, 0.3) is 11.0 Å². The summed E-state index contributed by atoms with van der Waals surface area (Å²) in [7, 11) is 0. The first kappa shape index (κ1) is 14.9. The van der Waals surface area contributed by atoms with Crippen molar-refractivity contribution in [3.8, 4) is 0 Å². The van der Waals surface area contributed by atoms with E-state index in [1.807, 2.05) is 43.5 Å². The van der Waals surface area contributed by atoms with E-state index in [4.69, 9.17) is 16.3 Å². The number of halogens is 1. The lowest BCUT2D eigenvalue weighted by Crippen LogP contribution is -2.21. The van der Waals surface area contributed by atoms with Gasteiger partial charge in [-0.2, -0.15) is 0 Å². The van der Waals surface area contributed by atoms with Crippen molar-refractivity contribution in [2.75, 3.05) is 6.61 Å². The van der Waals surface area contributed by atoms with Crippen LogP contribution in [0.4, 0.5) is 0 Å². The van der Waals surface area contributed by atoms with Crippen LogP contribution in [0.3, 0.4) is 0 Å². The van der Waals surface area contributed by atoms with Crippen LogP contribution in [0.15, 0.2) is 18.2 Å². The average Bonchev–Trinajstić information content (AvgIpc) is 2.79. The minimum atomic E-state index is -0.446. The van der Waals surface area contributed by atoms with Crippen LogP contribution in [-0.4, -0.2) is 22.1 Å². The Bertz CT molecular complexity index is 634. The second-order valence-corrected chi connectivity index (χ2v) is 5.48. The molecule has 0 aliphatic rings. The number of carbonyl (C=O) groups is 1. The van der Waals surface area contributed by atoms with E-state index >= 15 is 0 Å². The number of para-hydroxylation sites is 1. The molecule has 0 saturated heterocycles. The van der Waals surface area contributed by atoms with E-state index in [9.17, 15) is 4.79 Å². The van der Waals surface area contributed by atoms with Gasteiger partial charge < -0.3 is 9.30 Å². The Balaban J connectivity index is 2.63. The molecule has 2 rings (SSSR count). The van der Waals surface area contributed by atoms with Gasteiger partial charge in [0.1, 0.15) is 11.9 Å². The number of imidazole rings is 1. The van der Waals surface area contributed by atoms with Gasteiger partial charge in [-0.15, -0.1) is 11.6 Å². The Morgan fingerprint density at radius 2 is 2.15 bits per heavy atom. The average molecular weight is 295 g/mol. The van der Waals surface area contributed by atoms with Crippen molar-refractivity contribution in [2.45, 2.75) is 39.1 Å². The number of benzene rings is 1. The zero-order chi connectivity index (χ0) is 14.9. The number of carbonyl (C=O) groups excluding carboxylic acids is 1. The minimum absolute atomic E-state index is 0.271. The minimum Gasteiger partial charge on any atom is -0.464 e. The fraction of sp³-hybridized carbons (Fsp3) is 0.467. The molecule has 2 atom stereocenters. The maximum Gasteiger partial charge on any atom is 0.328 e. The Kier molecular flexibility index (Phi) is 4.33. The second kappa shape index (κ2) is 5.83. The highest BCUT2D eigenvalue weighted by atomic mass is 35.5. The zero-order valence-corrected chi connectivity index (χ0v) is 12.9. The standard InChI is InChI=1S/C15H19ClN2O2/c1-5-20-15(19)11(4)18-12-8-6-7-9(2)13(12)17-14(18)10(3)16/h6-8,10-11H,5H2,1-4H3. The number of rotatable bonds is 4. The summed E-state index contributed by atoms with van der Waals surface area (Å²) in [5.41, 5.74) is 2.86. The predicted molar refractivity (Wildman–Crippen MR) is 80.1 cm³/mol. The van der Waals surface area contributed by atoms with Crippen LogP contribution in [0.1, 0.15) is 43.6 Å². The van der Waals surface area contributed by atoms with Gasteiger partial charge in [-0.05, 0) is 39.3 Å². The topological polar surface area (TPSA) is 44.1 Å². The number of aryl methyl sites for hydroxylation is 1. The molecule has 2 unspecified atom stereocenters. The number of ether oxygens (including phenoxy) is 1. The molecule has 20 heavy (non-hydrogen) atoms. The van der Waals surface area contributed by atoms with Crippen molar-refractivity contribution in [1.29, 1.82) is 0 Å². The fourth-order valence-corrected chi connectivity index (χ4v) is 2.48. The molecule has 0 N–H and O–H groups in total. The van der Waals surface area contributed by atoms with Crippen LogP contribution >= 0.6 is 11.6 Å². The molecule has 1 heterocycles. The maximum atomic E-state index is 12.0. The molecule has 0 bridgehead atoms. The van der Waals surface area contributed by atoms with E-state index in [-0.39, 0.29) is 11.3 Å². The molecule has 2 aromatic rings. The Labute approximate surface area is 123 Å². The normalized spacial score (nSPS) is 14.2. The van der Waals surface area contributed by atoms with Gasteiger partial charge in [0.05, 0.1) is 23.0 Å². The van der Waals surface area contributed by atoms with Crippen molar-refractivity contribution in [3.05, 3.63) is 29.6 Å². The summed E-state index contributed by atoms with van der Waals surface area (Å²) in [6.45, 7) is 7.82. The van der Waals surface area contributed by atoms with Crippen molar-refractivity contribution in [1.82, 2.24) is 9.55 Å². The van der Waals surface area contributed by atoms with Crippen LogP contribution in [0, 0.1) is 6.92 Å². The van der Waals surface area contributed by atoms with E-state index in [0.29, 0.717) is 12.4 Å². The Morgan fingerprint density at radius 1 is 1.45 bits per heavy atom. The molecule has 1 aromatic carbocycles. The molecule has 0 fully saturated rings. The number of fused-ring (bicyclic) bond motifs is 1. The largest absolute Gasteiger partial charge is 0.464 e. The van der Waals surface area contributed by atoms with Gasteiger partial charge in [0.2, 0.25) is 0 Å². The highest BCUT2D eigenvalue weighted by Gasteiger charge is 2.24. The van der Waals surface area contributed by atoms with E-state index in [1.165, 1.54) is 0 Å². The molecule has 0 aliphatic carbocycles. The molecule has 0 spiro atoms. The summed E-state index contributed by atoms with van der Waals surface area (Å²) in [4.78, 5) is 16.6. The molecule has 0 radical (unpaired) electrons. The van der Waals surface area contributed by atoms with Gasteiger partial charge in [-0.3, -0.25) is 0 Å². The summed E-state index contributed by atoms with van der Waals surface area (Å²) in [6, 6.07) is 5.46. The number of esters is 1. The van der Waals surface area contributed by atoms with Crippen LogP contribution in [0.2, 0.25) is 0 Å². The SMILES string of the molecule is CCOC(=O)C(C)n1c(C(C)Cl)nc2c(C)cccc21. The van der Waals surface area contributed by atoms with Gasteiger partial charge in [0.25, 0.3) is 0 Å². The van der Waals surface area contributed by atoms with Crippen LogP contribution < -0.4 is 0 Å². The summed E-state index contributed by atoms with van der Waals surface area (Å²) in [5.74, 6) is 0.420. The van der Waals surface area contributed by atoms with Crippen LogP contribution in [-0.2, 0) is 9.53 Å². The summed E-state index contributed by atoms with van der Waals surface area (Å²) in [6.07, 6.45) is 0. The lowest BCUT2D eigenvalue weighted by Gasteiger charge is -2.17. The van der Waals surface area contributed by atoms with Crippen LogP contribution in [0.5, 0.6) is 0 Å². The summed E-state index contributed by atoms with van der Waals surface area (Å²) >= 11 is 6.22. The Hall–Kier alpha value is -1.55. The molecule has 0 saturated carbocycles. The third-order valence-electron chi connectivity index (χ3n) is 3.32. The third-order valence-corrected chi connectivity index (χ3v) is 3.52. The van der Waals surface area contributed by atoms with Gasteiger partial charge in [0.15, 0.2) is 0 Å². The molecular formula is C15H19ClN2O2. The zero-order valence-electron chi connectivity index (χ0n) is 12.2. The van der Waals surface area contributed by atoms with E-state index in [2.05, 4.69) is 4.98 Å². The fourth-order valence-electron chi connectivity index (χ4n) is 2.33. The first-order chi connectivity index (χ1) is 9.47. The van der Waals surface area contributed by atoms with Crippen molar-refractivity contribution in [2.24, 2.45) is 0 Å². The van der Waals surface area contributed by atoms with Gasteiger partial charge in [0, 0.05) is 0 Å². The van der Waals surface area contributed by atoms with Crippen molar-refractivity contribution < 1.29 is 9.53 Å². The summed E-state index contributed by atoms with van der Waals surface area (Å²) < 4.78 is 6.98. The molecule has 0 amide bonds. The summed E-state index contributed by atoms with van der Waals surface area (Å²) in [5, 5.41) is -0.279. The predicted octanol–water partition coefficient (Wildman–Crippen LogP) is 3.77. The first-order valence-corrected chi connectivity index (χ1v) is 7.19. The smallest absolute Gasteiger partial charge is 0.328 e. The monoisotopic (exact) mass is 294 g/mol. The van der Waals surface area contributed by atoms with E-state index in [0.717, 1.165) is 16.6 Å². The molecule has 0 aliphatic heterocycles. The third kappa shape index (κ3) is 2.52. The van der Waals surface area contributed by atoms with E-state index < -0.39 is 6.04 Å². The Morgan fingerprint density at radius 3 is 2.75 bits per heavy atom. The quantitative estimate of drug-likeness (QED) is 0.637. The van der Waals surface area contributed by atoms with Crippen molar-refractivity contribution >= 4 is 28.6 Å². The number of hydrogen-bond acceptors (Lipinski definition) is 3. The van der Waals surface area contributed by atoms with Gasteiger partial charge in [-0.1, -0.05) is 12.1 Å². The first-order valence-electron chi connectivity index (χ1n) is 6.75. The van der Waals surface area contributed by atoms with Gasteiger partial charge in [-0.25, -0.2) is 9.78 Å². The maximum absolute atomic E-state index is 12.0. The van der Waals surface area contributed by atoms with Gasteiger partial charge >= 0.3 is 5.97 Å². The molecule has 4 nitrogen and oxygen atoms in total. The highest BCUT2D eigenvalue weighted by molar-refractivity contribution is 6.20. The second-order valence-electron chi connectivity index (χ2n) is 4.83. The molecular weight excluding hydrogens is 276 g/mol. The number of hydrogen-bond donors (Lipinski definition) is 0. The number of nitrogens with zero attached hydrogens (tertiary/aromatic N) is 2. The molecule has 5 heteroatoms. The lowest BCUT2D eigenvalue weighted by atomic mass is 10.2. The highest BCUT2D eigenvalue weighted by Crippen LogP contribution is 2.29. The number of aromatic nitrogens is 2. The molecule has 108 valence electrons.